The topological polar surface area (TPSA) is 74.7 Å². The fourth-order valence-corrected chi connectivity index (χ4v) is 3.70. The Morgan fingerprint density at radius 3 is 2.29 bits per heavy atom. The van der Waals surface area contributed by atoms with Crippen LogP contribution in [0.1, 0.15) is 65.7 Å². The third-order valence-corrected chi connectivity index (χ3v) is 4.92. The van der Waals surface area contributed by atoms with Crippen LogP contribution in [0.25, 0.3) is 0 Å². The first-order valence-corrected chi connectivity index (χ1v) is 7.76. The molecular weight excluding hydrogens is 270 g/mol. The van der Waals surface area contributed by atoms with Gasteiger partial charge in [-0.3, -0.25) is 19.3 Å². The lowest BCUT2D eigenvalue weighted by molar-refractivity contribution is -0.150. The van der Waals surface area contributed by atoms with Gasteiger partial charge in [0.05, 0.1) is 17.9 Å². The number of nitrogens with zero attached hydrogens (tertiary/aromatic N) is 1. The van der Waals surface area contributed by atoms with Gasteiger partial charge in [0.25, 0.3) is 0 Å². The Kier molecular flexibility index (Phi) is 4.13. The average Bonchev–Trinajstić information content (AvgIpc) is 2.58. The molecule has 2 aliphatic rings. The lowest BCUT2D eigenvalue weighted by Crippen LogP contribution is -2.50. The summed E-state index contributed by atoms with van der Waals surface area (Å²) in [6.45, 7) is 5.65. The Hall–Kier alpha value is -1.39. The lowest BCUT2D eigenvalue weighted by Gasteiger charge is -2.38. The van der Waals surface area contributed by atoms with Crippen molar-refractivity contribution in [2.45, 2.75) is 71.8 Å². The average molecular weight is 295 g/mol. The first kappa shape index (κ1) is 16.0. The summed E-state index contributed by atoms with van der Waals surface area (Å²) in [6, 6.07) is -0.573. The van der Waals surface area contributed by atoms with Gasteiger partial charge >= 0.3 is 5.97 Å². The Morgan fingerprint density at radius 1 is 1.24 bits per heavy atom. The van der Waals surface area contributed by atoms with Gasteiger partial charge in [-0.05, 0) is 18.3 Å². The van der Waals surface area contributed by atoms with Crippen LogP contribution in [0.5, 0.6) is 0 Å². The van der Waals surface area contributed by atoms with Gasteiger partial charge in [0, 0.05) is 6.42 Å². The van der Waals surface area contributed by atoms with Crippen molar-refractivity contribution < 1.29 is 19.5 Å². The number of carboxylic acids is 1. The molecule has 1 aliphatic carbocycles. The van der Waals surface area contributed by atoms with Crippen molar-refractivity contribution in [1.82, 2.24) is 4.90 Å². The number of hydrogen-bond acceptors (Lipinski definition) is 3. The molecule has 0 radical (unpaired) electrons. The van der Waals surface area contributed by atoms with E-state index in [2.05, 4.69) is 0 Å². The number of carboxylic acid groups (broad SMARTS) is 1. The van der Waals surface area contributed by atoms with Crippen LogP contribution in [0.3, 0.4) is 0 Å². The maximum atomic E-state index is 12.9. The van der Waals surface area contributed by atoms with E-state index in [1.165, 1.54) is 4.90 Å². The Bertz CT molecular complexity index is 457. The van der Waals surface area contributed by atoms with E-state index in [1.54, 1.807) is 0 Å². The standard InChI is InChI=1S/C16H25NO4/c1-15(2,3)11(9-13(19)20)17-12(18)10-16(14(17)21)7-5-4-6-8-16/h11H,4-10H2,1-3H3,(H,19,20). The van der Waals surface area contributed by atoms with Gasteiger partial charge in [-0.25, -0.2) is 0 Å². The zero-order valence-electron chi connectivity index (χ0n) is 13.1. The summed E-state index contributed by atoms with van der Waals surface area (Å²) in [7, 11) is 0. The maximum absolute atomic E-state index is 12.9. The molecular formula is C16H25NO4. The summed E-state index contributed by atoms with van der Waals surface area (Å²) in [5.74, 6) is -1.29. The predicted octanol–water partition coefficient (Wildman–Crippen LogP) is 2.59. The van der Waals surface area contributed by atoms with Crippen LogP contribution in [-0.4, -0.2) is 33.8 Å². The second-order valence-corrected chi connectivity index (χ2v) is 7.57. The molecule has 1 unspecified atom stereocenters. The van der Waals surface area contributed by atoms with Crippen molar-refractivity contribution in [2.24, 2.45) is 10.8 Å². The normalized spacial score (nSPS) is 23.7. The van der Waals surface area contributed by atoms with Crippen molar-refractivity contribution in [1.29, 1.82) is 0 Å². The Morgan fingerprint density at radius 2 is 1.81 bits per heavy atom. The molecule has 1 aliphatic heterocycles. The minimum absolute atomic E-state index is 0.131. The maximum Gasteiger partial charge on any atom is 0.305 e. The third-order valence-electron chi connectivity index (χ3n) is 4.92. The quantitative estimate of drug-likeness (QED) is 0.812. The molecule has 2 fully saturated rings. The molecule has 1 saturated heterocycles. The number of rotatable bonds is 3. The fraction of sp³-hybridized carbons (Fsp3) is 0.812. The highest BCUT2D eigenvalue weighted by atomic mass is 16.4. The first-order valence-electron chi connectivity index (χ1n) is 7.76. The Balaban J connectivity index is 2.30. The molecule has 2 rings (SSSR count). The van der Waals surface area contributed by atoms with E-state index in [-0.39, 0.29) is 24.7 Å². The van der Waals surface area contributed by atoms with Crippen molar-refractivity contribution in [3.63, 3.8) is 0 Å². The summed E-state index contributed by atoms with van der Waals surface area (Å²) in [5, 5.41) is 9.13. The largest absolute Gasteiger partial charge is 0.481 e. The van der Waals surface area contributed by atoms with Crippen LogP contribution in [0.15, 0.2) is 0 Å². The monoisotopic (exact) mass is 295 g/mol. The van der Waals surface area contributed by atoms with Crippen LogP contribution in [0.2, 0.25) is 0 Å². The van der Waals surface area contributed by atoms with Crippen LogP contribution in [0.4, 0.5) is 0 Å². The van der Waals surface area contributed by atoms with E-state index < -0.39 is 22.8 Å². The van der Waals surface area contributed by atoms with Crippen molar-refractivity contribution in [3.05, 3.63) is 0 Å². The van der Waals surface area contributed by atoms with Gasteiger partial charge < -0.3 is 5.11 Å². The molecule has 1 N–H and O–H groups in total. The van der Waals surface area contributed by atoms with Crippen LogP contribution < -0.4 is 0 Å². The molecule has 0 bridgehead atoms. The molecule has 2 amide bonds. The molecule has 0 aromatic rings. The van der Waals surface area contributed by atoms with E-state index in [9.17, 15) is 14.4 Å². The predicted molar refractivity (Wildman–Crippen MR) is 77.5 cm³/mol. The zero-order valence-corrected chi connectivity index (χ0v) is 13.1. The summed E-state index contributed by atoms with van der Waals surface area (Å²) >= 11 is 0. The minimum Gasteiger partial charge on any atom is -0.481 e. The summed E-state index contributed by atoms with van der Waals surface area (Å²) in [6.07, 6.45) is 4.67. The van der Waals surface area contributed by atoms with Gasteiger partial charge in [-0.2, -0.15) is 0 Å². The molecule has 1 atom stereocenters. The van der Waals surface area contributed by atoms with Gasteiger partial charge in [0.15, 0.2) is 0 Å². The minimum atomic E-state index is -0.972. The number of imide groups is 1. The van der Waals surface area contributed by atoms with E-state index in [1.807, 2.05) is 20.8 Å². The Labute approximate surface area is 125 Å². The highest BCUT2D eigenvalue weighted by Gasteiger charge is 2.55. The molecule has 21 heavy (non-hydrogen) atoms. The van der Waals surface area contributed by atoms with Crippen LogP contribution in [-0.2, 0) is 14.4 Å². The van der Waals surface area contributed by atoms with Crippen LogP contribution in [0, 0.1) is 10.8 Å². The molecule has 1 spiro atoms. The third kappa shape index (κ3) is 2.97. The van der Waals surface area contributed by atoms with Crippen molar-refractivity contribution >= 4 is 17.8 Å². The SMILES string of the molecule is CC(C)(C)C(CC(=O)O)N1C(=O)CC2(CCCCC2)C1=O. The van der Waals surface area contributed by atoms with Gasteiger partial charge in [0.2, 0.25) is 11.8 Å². The molecule has 0 aromatic carbocycles. The van der Waals surface area contributed by atoms with Gasteiger partial charge in [0.1, 0.15) is 0 Å². The molecule has 5 nitrogen and oxygen atoms in total. The number of carbonyl (C=O) groups excluding carboxylic acids is 2. The molecule has 1 saturated carbocycles. The number of amides is 2. The van der Waals surface area contributed by atoms with Crippen molar-refractivity contribution in [3.8, 4) is 0 Å². The van der Waals surface area contributed by atoms with E-state index in [0.717, 1.165) is 32.1 Å². The van der Waals surface area contributed by atoms with Crippen molar-refractivity contribution in [2.75, 3.05) is 0 Å². The summed E-state index contributed by atoms with van der Waals surface area (Å²) in [5.41, 5.74) is -0.985. The number of hydrogen-bond donors (Lipinski definition) is 1. The number of aliphatic carboxylic acids is 1. The van der Waals surface area contributed by atoms with Gasteiger partial charge in [-0.1, -0.05) is 40.0 Å². The highest BCUT2D eigenvalue weighted by Crippen LogP contribution is 2.47. The smallest absolute Gasteiger partial charge is 0.305 e. The number of carbonyl (C=O) groups is 3. The van der Waals surface area contributed by atoms with Crippen LogP contribution >= 0.6 is 0 Å². The molecule has 0 aromatic heterocycles. The zero-order chi connectivity index (χ0) is 15.8. The highest BCUT2D eigenvalue weighted by molar-refractivity contribution is 6.06. The first-order chi connectivity index (χ1) is 9.67. The van der Waals surface area contributed by atoms with E-state index >= 15 is 0 Å². The second-order valence-electron chi connectivity index (χ2n) is 7.57. The molecule has 118 valence electrons. The van der Waals surface area contributed by atoms with Gasteiger partial charge in [-0.15, -0.1) is 0 Å². The second kappa shape index (κ2) is 5.43. The fourth-order valence-electron chi connectivity index (χ4n) is 3.70. The van der Waals surface area contributed by atoms with E-state index in [4.69, 9.17) is 5.11 Å². The molecule has 1 heterocycles. The lowest BCUT2D eigenvalue weighted by atomic mass is 9.73. The summed E-state index contributed by atoms with van der Waals surface area (Å²) in [4.78, 5) is 37.7. The number of likely N-dealkylation sites (tertiary alicyclic amines) is 1. The molecule has 5 heteroatoms. The summed E-state index contributed by atoms with van der Waals surface area (Å²) < 4.78 is 0. The van der Waals surface area contributed by atoms with E-state index in [0.29, 0.717) is 0 Å².